The number of halogens is 12. The molecule has 0 aliphatic rings. The van der Waals surface area contributed by atoms with Crippen molar-refractivity contribution >= 4 is 58.5 Å². The van der Waals surface area contributed by atoms with Gasteiger partial charge in [0.25, 0.3) is 5.91 Å². The maximum absolute atomic E-state index is 13.8. The molecule has 0 saturated carbocycles. The summed E-state index contributed by atoms with van der Waals surface area (Å²) in [5.74, 6) is -5.31. The van der Waals surface area contributed by atoms with Crippen molar-refractivity contribution in [3.05, 3.63) is 73.7 Å². The fourth-order valence-corrected chi connectivity index (χ4v) is 5.10. The van der Waals surface area contributed by atoms with Crippen LogP contribution in [0.5, 0.6) is 0 Å². The number of benzene rings is 2. The summed E-state index contributed by atoms with van der Waals surface area (Å²) in [6.45, 7) is 3.16. The Bertz CT molecular complexity index is 1200. The molecule has 2 aromatic rings. The van der Waals surface area contributed by atoms with Crippen LogP contribution in [0, 0.1) is 5.92 Å². The van der Waals surface area contributed by atoms with Gasteiger partial charge in [-0.1, -0.05) is 66.9 Å². The molecule has 15 heteroatoms. The van der Waals surface area contributed by atoms with Gasteiger partial charge in [-0.25, -0.2) is 0 Å². The van der Waals surface area contributed by atoms with Crippen LogP contribution in [0.15, 0.2) is 36.4 Å². The second kappa shape index (κ2) is 13.5. The summed E-state index contributed by atoms with van der Waals surface area (Å²) in [5, 5.41) is 1.66. The zero-order valence-electron chi connectivity index (χ0n) is 20.5. The van der Waals surface area contributed by atoms with Gasteiger partial charge in [0, 0.05) is 11.8 Å². The SMILES string of the molecule is CC(C)[C@H](CSCC(F)(F)F)NC(=O)c1ccc(/C=C/C(c2cc(Cl)c(Cl)c(Cl)c2)C(F)(F)F)cc1C(F)(F)F. The molecule has 0 bridgehead atoms. The Morgan fingerprint density at radius 3 is 2.00 bits per heavy atom. The number of amides is 1. The molecule has 2 aromatic carbocycles. The van der Waals surface area contributed by atoms with E-state index in [-0.39, 0.29) is 26.4 Å². The van der Waals surface area contributed by atoms with Gasteiger partial charge in [-0.2, -0.15) is 51.3 Å². The van der Waals surface area contributed by atoms with Gasteiger partial charge in [0.1, 0.15) is 0 Å². The van der Waals surface area contributed by atoms with Crippen molar-refractivity contribution < 1.29 is 44.3 Å². The fraction of sp³-hybridized carbons (Fsp3) is 0.400. The molecule has 0 saturated heterocycles. The Morgan fingerprint density at radius 1 is 0.950 bits per heavy atom. The number of hydrogen-bond acceptors (Lipinski definition) is 2. The number of thioether (sulfide) groups is 1. The van der Waals surface area contributed by atoms with E-state index in [0.717, 1.165) is 30.3 Å². The van der Waals surface area contributed by atoms with E-state index in [0.29, 0.717) is 23.9 Å². The van der Waals surface area contributed by atoms with Gasteiger partial charge in [-0.3, -0.25) is 4.79 Å². The summed E-state index contributed by atoms with van der Waals surface area (Å²) < 4.78 is 120. The molecule has 2 nitrogen and oxygen atoms in total. The average Bonchev–Trinajstić information content (AvgIpc) is 2.79. The first-order valence-electron chi connectivity index (χ1n) is 11.3. The second-order valence-electron chi connectivity index (χ2n) is 8.93. The highest BCUT2D eigenvalue weighted by molar-refractivity contribution is 7.99. The Kier molecular flexibility index (Phi) is 11.6. The summed E-state index contributed by atoms with van der Waals surface area (Å²) in [6, 6.07) is 3.29. The lowest BCUT2D eigenvalue weighted by Gasteiger charge is -2.23. The first kappa shape index (κ1) is 34.4. The van der Waals surface area contributed by atoms with Crippen molar-refractivity contribution in [2.75, 3.05) is 11.5 Å². The monoisotopic (exact) mass is 659 g/mol. The predicted octanol–water partition coefficient (Wildman–Crippen LogP) is 10.1. The van der Waals surface area contributed by atoms with Crippen LogP contribution >= 0.6 is 46.6 Å². The number of alkyl halides is 9. The molecule has 40 heavy (non-hydrogen) atoms. The van der Waals surface area contributed by atoms with E-state index in [1.54, 1.807) is 13.8 Å². The standard InChI is InChI=1S/C25H21Cl3F9NOS/c1-12(2)20(10-40-11-23(29,30)31)38-22(39)15-5-3-13(7-17(15)25(35,36)37)4-6-16(24(32,33)34)14-8-18(26)21(28)19(27)9-14/h3-9,12,16,20H,10-11H2,1-2H3,(H,38,39)/b6-4+/t16?,20-/m0/s1. The molecule has 1 N–H and O–H groups in total. The maximum atomic E-state index is 13.8. The number of rotatable bonds is 9. The molecular weight excluding hydrogens is 640 g/mol. The van der Waals surface area contributed by atoms with E-state index in [1.165, 1.54) is 0 Å². The number of hydrogen-bond donors (Lipinski definition) is 1. The minimum absolute atomic E-state index is 0.167. The van der Waals surface area contributed by atoms with Gasteiger partial charge in [-0.05, 0) is 41.3 Å². The van der Waals surface area contributed by atoms with Gasteiger partial charge < -0.3 is 5.32 Å². The van der Waals surface area contributed by atoms with Crippen molar-refractivity contribution in [3.8, 4) is 0 Å². The normalized spacial score (nSPS) is 14.6. The first-order chi connectivity index (χ1) is 18.2. The van der Waals surface area contributed by atoms with E-state index in [4.69, 9.17) is 34.8 Å². The molecule has 1 amide bonds. The highest BCUT2D eigenvalue weighted by atomic mass is 35.5. The molecule has 0 heterocycles. The lowest BCUT2D eigenvalue weighted by atomic mass is 9.96. The van der Waals surface area contributed by atoms with Crippen LogP contribution in [0.3, 0.4) is 0 Å². The predicted molar refractivity (Wildman–Crippen MR) is 140 cm³/mol. The summed E-state index contributed by atoms with van der Waals surface area (Å²) in [4.78, 5) is 12.7. The van der Waals surface area contributed by atoms with E-state index in [2.05, 4.69) is 5.32 Å². The molecule has 2 atom stereocenters. The van der Waals surface area contributed by atoms with Crippen molar-refractivity contribution in [1.29, 1.82) is 0 Å². The smallest absolute Gasteiger partial charge is 0.348 e. The topological polar surface area (TPSA) is 29.1 Å². The van der Waals surface area contributed by atoms with E-state index < -0.39 is 64.8 Å². The maximum Gasteiger partial charge on any atom is 0.417 e. The lowest BCUT2D eigenvalue weighted by Crippen LogP contribution is -2.41. The zero-order chi connectivity index (χ0) is 30.6. The third-order valence-electron chi connectivity index (χ3n) is 5.48. The number of carbonyl (C=O) groups excluding carboxylic acids is 1. The Labute approximate surface area is 243 Å². The van der Waals surface area contributed by atoms with E-state index in [9.17, 15) is 44.3 Å². The quantitative estimate of drug-likeness (QED) is 0.214. The van der Waals surface area contributed by atoms with E-state index in [1.807, 2.05) is 0 Å². The van der Waals surface area contributed by atoms with Gasteiger partial charge >= 0.3 is 18.5 Å². The number of carbonyl (C=O) groups is 1. The van der Waals surface area contributed by atoms with Crippen LogP contribution < -0.4 is 5.32 Å². The Hall–Kier alpha value is -1.76. The fourth-order valence-electron chi connectivity index (χ4n) is 3.42. The summed E-state index contributed by atoms with van der Waals surface area (Å²) in [6.07, 6.45) is -13.0. The highest BCUT2D eigenvalue weighted by Gasteiger charge is 2.40. The largest absolute Gasteiger partial charge is 0.417 e. The summed E-state index contributed by atoms with van der Waals surface area (Å²) in [7, 11) is 0. The lowest BCUT2D eigenvalue weighted by molar-refractivity contribution is -0.139. The first-order valence-corrected chi connectivity index (χ1v) is 13.6. The van der Waals surface area contributed by atoms with Crippen molar-refractivity contribution in [2.24, 2.45) is 5.92 Å². The van der Waals surface area contributed by atoms with Crippen LogP contribution in [0.4, 0.5) is 39.5 Å². The van der Waals surface area contributed by atoms with Crippen LogP contribution in [-0.2, 0) is 6.18 Å². The second-order valence-corrected chi connectivity index (χ2v) is 11.2. The van der Waals surface area contributed by atoms with Gasteiger partial charge in [-0.15, -0.1) is 0 Å². The van der Waals surface area contributed by atoms with Gasteiger partial charge in [0.05, 0.1) is 37.9 Å². The van der Waals surface area contributed by atoms with Crippen molar-refractivity contribution in [1.82, 2.24) is 5.32 Å². The highest BCUT2D eigenvalue weighted by Crippen LogP contribution is 2.41. The minimum Gasteiger partial charge on any atom is -0.348 e. The van der Waals surface area contributed by atoms with Crippen LogP contribution in [-0.4, -0.2) is 35.8 Å². The molecule has 1 unspecified atom stereocenters. The van der Waals surface area contributed by atoms with Crippen molar-refractivity contribution in [3.63, 3.8) is 0 Å². The Morgan fingerprint density at radius 2 is 1.52 bits per heavy atom. The molecule has 2 rings (SSSR count). The average molecular weight is 661 g/mol. The Balaban J connectivity index is 2.39. The number of allylic oxidation sites excluding steroid dienone is 1. The van der Waals surface area contributed by atoms with E-state index >= 15 is 0 Å². The van der Waals surface area contributed by atoms with Gasteiger partial charge in [0.15, 0.2) is 0 Å². The molecule has 0 aliphatic heterocycles. The van der Waals surface area contributed by atoms with Crippen LogP contribution in [0.1, 0.15) is 46.8 Å². The molecule has 0 spiro atoms. The molecule has 0 fully saturated rings. The number of nitrogens with one attached hydrogen (secondary N) is 1. The molecule has 0 radical (unpaired) electrons. The molecule has 0 aromatic heterocycles. The summed E-state index contributed by atoms with van der Waals surface area (Å²) in [5.41, 5.74) is -2.97. The summed E-state index contributed by atoms with van der Waals surface area (Å²) >= 11 is 17.9. The zero-order valence-corrected chi connectivity index (χ0v) is 23.6. The third kappa shape index (κ3) is 9.95. The van der Waals surface area contributed by atoms with Crippen molar-refractivity contribution in [2.45, 2.75) is 44.3 Å². The minimum atomic E-state index is -5.07. The third-order valence-corrected chi connectivity index (χ3v) is 7.80. The van der Waals surface area contributed by atoms with Gasteiger partial charge in [0.2, 0.25) is 0 Å². The molecular formula is C25H21Cl3F9NOS. The molecule has 222 valence electrons. The molecule has 0 aliphatic carbocycles. The van der Waals surface area contributed by atoms with Crippen LogP contribution in [0.25, 0.3) is 6.08 Å². The van der Waals surface area contributed by atoms with Crippen LogP contribution in [0.2, 0.25) is 15.1 Å².